The first-order valence-electron chi connectivity index (χ1n) is 8.04. The standard InChI is InChI=1S/C18H20N2O5S/c1-2-13-7-9-14(10-8-13)26(24,25)20-12-11-19-17(21)15-5-3-4-6-16(15)18(22)23/h3-10,20H,2,11-12H2,1H3,(H,19,21)(H,22,23). The maximum absolute atomic E-state index is 12.2. The van der Waals surface area contributed by atoms with Crippen LogP contribution >= 0.6 is 0 Å². The lowest BCUT2D eigenvalue weighted by Gasteiger charge is -2.09. The summed E-state index contributed by atoms with van der Waals surface area (Å²) in [6, 6.07) is 12.4. The van der Waals surface area contributed by atoms with Crippen molar-refractivity contribution in [2.45, 2.75) is 18.2 Å². The zero-order valence-electron chi connectivity index (χ0n) is 14.2. The fraction of sp³-hybridized carbons (Fsp3) is 0.222. The zero-order chi connectivity index (χ0) is 19.2. The predicted octanol–water partition coefficient (Wildman–Crippen LogP) is 1.66. The summed E-state index contributed by atoms with van der Waals surface area (Å²) in [5.41, 5.74) is 0.952. The summed E-state index contributed by atoms with van der Waals surface area (Å²) >= 11 is 0. The van der Waals surface area contributed by atoms with E-state index in [2.05, 4.69) is 10.0 Å². The molecule has 1 amide bonds. The van der Waals surface area contributed by atoms with Crippen LogP contribution in [0.1, 0.15) is 33.2 Å². The van der Waals surface area contributed by atoms with Crippen molar-refractivity contribution in [3.8, 4) is 0 Å². The largest absolute Gasteiger partial charge is 0.478 e. The number of aryl methyl sites for hydroxylation is 1. The summed E-state index contributed by atoms with van der Waals surface area (Å²) in [5, 5.41) is 11.6. The first-order valence-corrected chi connectivity index (χ1v) is 9.52. The third-order valence-corrected chi connectivity index (χ3v) is 5.22. The van der Waals surface area contributed by atoms with E-state index in [0.717, 1.165) is 12.0 Å². The van der Waals surface area contributed by atoms with Crippen LogP contribution in [0, 0.1) is 0 Å². The van der Waals surface area contributed by atoms with Crippen LogP contribution in [0.2, 0.25) is 0 Å². The number of carboxylic acids is 1. The number of carbonyl (C=O) groups is 2. The van der Waals surface area contributed by atoms with Crippen LogP contribution in [0.25, 0.3) is 0 Å². The van der Waals surface area contributed by atoms with Gasteiger partial charge in [0.25, 0.3) is 5.91 Å². The van der Waals surface area contributed by atoms with Crippen molar-refractivity contribution in [2.24, 2.45) is 0 Å². The number of amides is 1. The third-order valence-electron chi connectivity index (χ3n) is 3.75. The van der Waals surface area contributed by atoms with Crippen LogP contribution in [-0.4, -0.2) is 38.5 Å². The minimum absolute atomic E-state index is 0.0150. The Labute approximate surface area is 152 Å². The number of nitrogens with one attached hydrogen (secondary N) is 2. The Bertz CT molecular complexity index is 892. The topological polar surface area (TPSA) is 113 Å². The molecule has 0 unspecified atom stereocenters. The molecule has 0 bridgehead atoms. The SMILES string of the molecule is CCc1ccc(S(=O)(=O)NCCNC(=O)c2ccccc2C(=O)O)cc1. The molecule has 138 valence electrons. The Morgan fingerprint density at radius 3 is 2.15 bits per heavy atom. The van der Waals surface area contributed by atoms with Crippen LogP contribution in [0.5, 0.6) is 0 Å². The maximum Gasteiger partial charge on any atom is 0.336 e. The molecule has 0 radical (unpaired) electrons. The van der Waals surface area contributed by atoms with Gasteiger partial charge in [-0.1, -0.05) is 31.2 Å². The number of benzene rings is 2. The minimum Gasteiger partial charge on any atom is -0.478 e. The lowest BCUT2D eigenvalue weighted by molar-refractivity contribution is 0.0691. The molecule has 0 fully saturated rings. The molecular formula is C18H20N2O5S. The molecule has 0 spiro atoms. The van der Waals surface area contributed by atoms with E-state index in [9.17, 15) is 18.0 Å². The number of rotatable bonds is 8. The molecule has 0 atom stereocenters. The van der Waals surface area contributed by atoms with E-state index in [1.807, 2.05) is 6.92 Å². The lowest BCUT2D eigenvalue weighted by atomic mass is 10.1. The Morgan fingerprint density at radius 1 is 0.962 bits per heavy atom. The van der Waals surface area contributed by atoms with Gasteiger partial charge in [-0.3, -0.25) is 4.79 Å². The number of hydrogen-bond donors (Lipinski definition) is 3. The quantitative estimate of drug-likeness (QED) is 0.607. The molecule has 2 aromatic rings. The molecule has 0 aliphatic heterocycles. The van der Waals surface area contributed by atoms with Crippen molar-refractivity contribution in [2.75, 3.05) is 13.1 Å². The van der Waals surface area contributed by atoms with Gasteiger partial charge >= 0.3 is 5.97 Å². The highest BCUT2D eigenvalue weighted by atomic mass is 32.2. The van der Waals surface area contributed by atoms with Gasteiger partial charge in [-0.25, -0.2) is 17.9 Å². The van der Waals surface area contributed by atoms with E-state index in [0.29, 0.717) is 0 Å². The van der Waals surface area contributed by atoms with Gasteiger partial charge in [0.15, 0.2) is 0 Å². The highest BCUT2D eigenvalue weighted by Crippen LogP contribution is 2.11. The monoisotopic (exact) mass is 376 g/mol. The Morgan fingerprint density at radius 2 is 1.58 bits per heavy atom. The molecule has 8 heteroatoms. The van der Waals surface area contributed by atoms with Gasteiger partial charge in [0.05, 0.1) is 16.0 Å². The Hall–Kier alpha value is -2.71. The summed E-state index contributed by atoms with van der Waals surface area (Å²) in [4.78, 5) is 23.4. The number of carbonyl (C=O) groups excluding carboxylic acids is 1. The molecule has 3 N–H and O–H groups in total. The van der Waals surface area contributed by atoms with Crippen LogP contribution in [0.4, 0.5) is 0 Å². The van der Waals surface area contributed by atoms with Crippen LogP contribution < -0.4 is 10.0 Å². The van der Waals surface area contributed by atoms with Gasteiger partial charge in [-0.05, 0) is 36.2 Å². The lowest BCUT2D eigenvalue weighted by Crippen LogP contribution is -2.35. The van der Waals surface area contributed by atoms with Gasteiger partial charge in [-0.15, -0.1) is 0 Å². The highest BCUT2D eigenvalue weighted by Gasteiger charge is 2.16. The van der Waals surface area contributed by atoms with Gasteiger partial charge in [0, 0.05) is 13.1 Å². The van der Waals surface area contributed by atoms with Gasteiger partial charge in [0.1, 0.15) is 0 Å². The summed E-state index contributed by atoms with van der Waals surface area (Å²) in [7, 11) is -3.66. The van der Waals surface area contributed by atoms with E-state index in [-0.39, 0.29) is 29.1 Å². The molecule has 2 rings (SSSR count). The molecule has 0 heterocycles. The number of carboxylic acid groups (broad SMARTS) is 1. The fourth-order valence-corrected chi connectivity index (χ4v) is 3.34. The van der Waals surface area contributed by atoms with Crippen molar-refractivity contribution in [1.82, 2.24) is 10.0 Å². The first kappa shape index (κ1) is 19.6. The van der Waals surface area contributed by atoms with Crippen molar-refractivity contribution in [1.29, 1.82) is 0 Å². The Kier molecular flexibility index (Phi) is 6.48. The van der Waals surface area contributed by atoms with Crippen LogP contribution in [0.3, 0.4) is 0 Å². The second-order valence-electron chi connectivity index (χ2n) is 5.50. The van der Waals surface area contributed by atoms with Crippen LogP contribution in [0.15, 0.2) is 53.4 Å². The normalized spacial score (nSPS) is 11.1. The average molecular weight is 376 g/mol. The summed E-state index contributed by atoms with van der Waals surface area (Å²) < 4.78 is 26.8. The van der Waals surface area contributed by atoms with E-state index < -0.39 is 21.9 Å². The molecule has 26 heavy (non-hydrogen) atoms. The van der Waals surface area contributed by atoms with E-state index in [1.165, 1.54) is 30.3 Å². The Balaban J connectivity index is 1.91. The number of aromatic carboxylic acids is 1. The highest BCUT2D eigenvalue weighted by molar-refractivity contribution is 7.89. The third kappa shape index (κ3) is 4.90. The number of hydrogen-bond acceptors (Lipinski definition) is 4. The van der Waals surface area contributed by atoms with Crippen molar-refractivity contribution in [3.05, 3.63) is 65.2 Å². The molecule has 0 aliphatic carbocycles. The molecular weight excluding hydrogens is 356 g/mol. The zero-order valence-corrected chi connectivity index (χ0v) is 15.0. The molecule has 0 saturated carbocycles. The van der Waals surface area contributed by atoms with E-state index in [4.69, 9.17) is 5.11 Å². The van der Waals surface area contributed by atoms with Gasteiger partial charge < -0.3 is 10.4 Å². The van der Waals surface area contributed by atoms with Crippen molar-refractivity contribution in [3.63, 3.8) is 0 Å². The number of sulfonamides is 1. The summed E-state index contributed by atoms with van der Waals surface area (Å²) in [6.07, 6.45) is 0.817. The molecule has 2 aromatic carbocycles. The molecule has 0 saturated heterocycles. The summed E-state index contributed by atoms with van der Waals surface area (Å²) in [5.74, 6) is -1.78. The molecule has 0 aromatic heterocycles. The fourth-order valence-electron chi connectivity index (χ4n) is 2.31. The molecule has 0 aliphatic rings. The maximum atomic E-state index is 12.2. The predicted molar refractivity (Wildman–Crippen MR) is 96.7 cm³/mol. The smallest absolute Gasteiger partial charge is 0.336 e. The van der Waals surface area contributed by atoms with Crippen LogP contribution in [-0.2, 0) is 16.4 Å². The average Bonchev–Trinajstić information content (AvgIpc) is 2.65. The first-order chi connectivity index (χ1) is 12.3. The van der Waals surface area contributed by atoms with Crippen molar-refractivity contribution < 1.29 is 23.1 Å². The summed E-state index contributed by atoms with van der Waals surface area (Å²) in [6.45, 7) is 1.99. The van der Waals surface area contributed by atoms with Crippen molar-refractivity contribution >= 4 is 21.9 Å². The minimum atomic E-state index is -3.66. The van der Waals surface area contributed by atoms with E-state index in [1.54, 1.807) is 18.2 Å². The van der Waals surface area contributed by atoms with Gasteiger partial charge in [-0.2, -0.15) is 0 Å². The van der Waals surface area contributed by atoms with E-state index >= 15 is 0 Å². The second kappa shape index (κ2) is 8.59. The van der Waals surface area contributed by atoms with Gasteiger partial charge in [0.2, 0.25) is 10.0 Å². The second-order valence-corrected chi connectivity index (χ2v) is 7.27. The molecule has 7 nitrogen and oxygen atoms in total.